The number of nitrogens with zero attached hydrogens (tertiary/aromatic N) is 1. The minimum absolute atomic E-state index is 0.0731. The summed E-state index contributed by atoms with van der Waals surface area (Å²) in [5.74, 6) is 0.928. The molecular weight excluding hydrogens is 328 g/mol. The Labute approximate surface area is 153 Å². The summed E-state index contributed by atoms with van der Waals surface area (Å²) in [6, 6.07) is 14.7. The van der Waals surface area contributed by atoms with E-state index in [0.717, 1.165) is 49.4 Å². The van der Waals surface area contributed by atoms with Crippen LogP contribution in [0.25, 0.3) is 11.1 Å². The summed E-state index contributed by atoms with van der Waals surface area (Å²) in [7, 11) is 1.73. The van der Waals surface area contributed by atoms with Crippen LogP contribution >= 0.6 is 0 Å². The molecule has 3 aromatic rings. The lowest BCUT2D eigenvalue weighted by Crippen LogP contribution is -2.40. The van der Waals surface area contributed by atoms with Gasteiger partial charge >= 0.3 is 0 Å². The monoisotopic (exact) mass is 352 g/mol. The fourth-order valence-electron chi connectivity index (χ4n) is 3.73. The predicted octanol–water partition coefficient (Wildman–Crippen LogP) is 4.31. The summed E-state index contributed by atoms with van der Waals surface area (Å²) in [4.78, 5) is 4.54. The number of para-hydroxylation sites is 2. The third kappa shape index (κ3) is 3.15. The number of ether oxygens (including phenoxy) is 2. The van der Waals surface area contributed by atoms with Gasteiger partial charge in [-0.1, -0.05) is 29.8 Å². The van der Waals surface area contributed by atoms with Gasteiger partial charge in [0, 0.05) is 30.7 Å². The fourth-order valence-corrected chi connectivity index (χ4v) is 3.73. The van der Waals surface area contributed by atoms with Crippen molar-refractivity contribution in [2.45, 2.75) is 25.2 Å². The number of aryl methyl sites for hydroxylation is 1. The molecule has 5 nitrogen and oxygen atoms in total. The second kappa shape index (κ2) is 7.00. The molecule has 4 rings (SSSR count). The lowest BCUT2D eigenvalue weighted by atomic mass is 9.73. The maximum atomic E-state index is 5.84. The minimum Gasteiger partial charge on any atom is -0.496 e. The van der Waals surface area contributed by atoms with Gasteiger partial charge < -0.3 is 19.2 Å². The molecule has 1 saturated heterocycles. The quantitative estimate of drug-likeness (QED) is 0.742. The zero-order valence-corrected chi connectivity index (χ0v) is 15.2. The SMILES string of the molecule is COc1ccc(C)cc1C1(CNc2nc3ccccc3o2)CCOCC1. The largest absolute Gasteiger partial charge is 0.496 e. The second-order valence-electron chi connectivity index (χ2n) is 6.94. The number of methoxy groups -OCH3 is 1. The smallest absolute Gasteiger partial charge is 0.295 e. The van der Waals surface area contributed by atoms with Crippen LogP contribution in [0, 0.1) is 6.92 Å². The zero-order chi connectivity index (χ0) is 18.0. The van der Waals surface area contributed by atoms with Crippen LogP contribution in [0.15, 0.2) is 46.9 Å². The predicted molar refractivity (Wildman–Crippen MR) is 102 cm³/mol. The van der Waals surface area contributed by atoms with Gasteiger partial charge in [-0.2, -0.15) is 4.98 Å². The summed E-state index contributed by atoms with van der Waals surface area (Å²) in [5.41, 5.74) is 4.05. The number of rotatable bonds is 5. The number of hydrogen-bond acceptors (Lipinski definition) is 5. The molecule has 0 amide bonds. The van der Waals surface area contributed by atoms with Gasteiger partial charge in [-0.15, -0.1) is 0 Å². The van der Waals surface area contributed by atoms with E-state index in [-0.39, 0.29) is 5.41 Å². The van der Waals surface area contributed by atoms with Crippen molar-refractivity contribution < 1.29 is 13.9 Å². The lowest BCUT2D eigenvalue weighted by molar-refractivity contribution is 0.0534. The molecule has 0 atom stereocenters. The van der Waals surface area contributed by atoms with E-state index in [2.05, 4.69) is 35.4 Å². The Balaban J connectivity index is 1.65. The molecule has 0 spiro atoms. The molecule has 26 heavy (non-hydrogen) atoms. The van der Waals surface area contributed by atoms with Crippen LogP contribution in [0.1, 0.15) is 24.0 Å². The lowest BCUT2D eigenvalue weighted by Gasteiger charge is -2.38. The maximum Gasteiger partial charge on any atom is 0.295 e. The third-order valence-corrected chi connectivity index (χ3v) is 5.25. The Bertz CT molecular complexity index is 864. The molecular formula is C21H24N2O3. The highest BCUT2D eigenvalue weighted by molar-refractivity contribution is 5.74. The van der Waals surface area contributed by atoms with Crippen LogP contribution < -0.4 is 10.1 Å². The van der Waals surface area contributed by atoms with Gasteiger partial charge in [-0.3, -0.25) is 0 Å². The highest BCUT2D eigenvalue weighted by Gasteiger charge is 2.37. The standard InChI is InChI=1S/C21H24N2O3/c1-15-7-8-18(24-2)16(13-15)21(9-11-25-12-10-21)14-22-20-23-17-5-3-4-6-19(17)26-20/h3-8,13H,9-12,14H2,1-2H3,(H,22,23). The van der Waals surface area contributed by atoms with E-state index in [1.54, 1.807) is 7.11 Å². The van der Waals surface area contributed by atoms with Crippen molar-refractivity contribution in [3.8, 4) is 5.75 Å². The first kappa shape index (κ1) is 16.9. The average Bonchev–Trinajstić information content (AvgIpc) is 3.10. The number of hydrogen-bond donors (Lipinski definition) is 1. The summed E-state index contributed by atoms with van der Waals surface area (Å²) in [6.07, 6.45) is 1.86. The first-order valence-corrected chi connectivity index (χ1v) is 9.02. The average molecular weight is 352 g/mol. The Kier molecular flexibility index (Phi) is 4.55. The van der Waals surface area contributed by atoms with Crippen LogP contribution in [0.3, 0.4) is 0 Å². The molecule has 0 unspecified atom stereocenters. The molecule has 5 heteroatoms. The van der Waals surface area contributed by atoms with E-state index in [1.807, 2.05) is 24.3 Å². The first-order valence-electron chi connectivity index (χ1n) is 9.02. The number of anilines is 1. The van der Waals surface area contributed by atoms with Crippen LogP contribution in [0.5, 0.6) is 5.75 Å². The van der Waals surface area contributed by atoms with Gasteiger partial charge in [-0.05, 0) is 38.0 Å². The van der Waals surface area contributed by atoms with Crippen LogP contribution in [0.4, 0.5) is 6.01 Å². The Morgan fingerprint density at radius 2 is 1.96 bits per heavy atom. The van der Waals surface area contributed by atoms with Gasteiger partial charge in [0.25, 0.3) is 6.01 Å². The second-order valence-corrected chi connectivity index (χ2v) is 6.94. The molecule has 0 bridgehead atoms. The van der Waals surface area contributed by atoms with Crippen LogP contribution in [-0.2, 0) is 10.2 Å². The van der Waals surface area contributed by atoms with Gasteiger partial charge in [0.05, 0.1) is 7.11 Å². The Morgan fingerprint density at radius 1 is 1.15 bits per heavy atom. The highest BCUT2D eigenvalue weighted by Crippen LogP contribution is 2.40. The molecule has 0 aliphatic carbocycles. The Hall–Kier alpha value is -2.53. The summed E-state index contributed by atoms with van der Waals surface area (Å²) in [5, 5.41) is 3.43. The van der Waals surface area contributed by atoms with Gasteiger partial charge in [-0.25, -0.2) is 0 Å². The van der Waals surface area contributed by atoms with Crippen molar-refractivity contribution in [1.82, 2.24) is 4.98 Å². The van der Waals surface area contributed by atoms with Crippen molar-refractivity contribution in [3.63, 3.8) is 0 Å². The Morgan fingerprint density at radius 3 is 2.73 bits per heavy atom. The molecule has 1 N–H and O–H groups in total. The molecule has 136 valence electrons. The molecule has 1 fully saturated rings. The molecule has 1 aliphatic heterocycles. The van der Waals surface area contributed by atoms with E-state index in [9.17, 15) is 0 Å². The molecule has 1 aromatic heterocycles. The molecule has 2 heterocycles. The number of nitrogens with one attached hydrogen (secondary N) is 1. The highest BCUT2D eigenvalue weighted by atomic mass is 16.5. The third-order valence-electron chi connectivity index (χ3n) is 5.25. The number of oxazole rings is 1. The molecule has 2 aromatic carbocycles. The van der Waals surface area contributed by atoms with E-state index in [0.29, 0.717) is 6.01 Å². The van der Waals surface area contributed by atoms with Crippen LogP contribution in [-0.4, -0.2) is 31.9 Å². The van der Waals surface area contributed by atoms with Crippen molar-refractivity contribution in [2.75, 3.05) is 32.2 Å². The van der Waals surface area contributed by atoms with Crippen LogP contribution in [0.2, 0.25) is 0 Å². The van der Waals surface area contributed by atoms with Crippen molar-refractivity contribution in [3.05, 3.63) is 53.6 Å². The topological polar surface area (TPSA) is 56.5 Å². The van der Waals surface area contributed by atoms with Gasteiger partial charge in [0.2, 0.25) is 0 Å². The minimum atomic E-state index is -0.0731. The van der Waals surface area contributed by atoms with Crippen molar-refractivity contribution >= 4 is 17.1 Å². The molecule has 0 radical (unpaired) electrons. The van der Waals surface area contributed by atoms with E-state index >= 15 is 0 Å². The fraction of sp³-hybridized carbons (Fsp3) is 0.381. The van der Waals surface area contributed by atoms with E-state index in [4.69, 9.17) is 13.9 Å². The van der Waals surface area contributed by atoms with Crippen molar-refractivity contribution in [2.24, 2.45) is 0 Å². The van der Waals surface area contributed by atoms with Crippen molar-refractivity contribution in [1.29, 1.82) is 0 Å². The summed E-state index contributed by atoms with van der Waals surface area (Å²) >= 11 is 0. The number of aromatic nitrogens is 1. The number of benzene rings is 2. The normalized spacial score (nSPS) is 16.5. The zero-order valence-electron chi connectivity index (χ0n) is 15.2. The molecule has 1 aliphatic rings. The summed E-state index contributed by atoms with van der Waals surface area (Å²) < 4.78 is 17.1. The summed E-state index contributed by atoms with van der Waals surface area (Å²) in [6.45, 7) is 4.33. The maximum absolute atomic E-state index is 5.84. The van der Waals surface area contributed by atoms with E-state index < -0.39 is 0 Å². The first-order chi connectivity index (χ1) is 12.7. The van der Waals surface area contributed by atoms with Gasteiger partial charge in [0.1, 0.15) is 11.3 Å². The van der Waals surface area contributed by atoms with E-state index in [1.165, 1.54) is 11.1 Å². The van der Waals surface area contributed by atoms with Gasteiger partial charge in [0.15, 0.2) is 5.58 Å². The molecule has 0 saturated carbocycles. The number of fused-ring (bicyclic) bond motifs is 1.